The summed E-state index contributed by atoms with van der Waals surface area (Å²) in [5.41, 5.74) is 0.638. The molecule has 0 aromatic heterocycles. The first-order valence-electron chi connectivity index (χ1n) is 8.11. The van der Waals surface area contributed by atoms with Crippen LogP contribution in [0.15, 0.2) is 24.3 Å². The van der Waals surface area contributed by atoms with Crippen LogP contribution in [-0.4, -0.2) is 43.3 Å². The minimum absolute atomic E-state index is 0.127. The SMILES string of the molecule is CCOc1ccccc1NC(=O)O[C@H](C)CN1CCCCC1. The van der Waals surface area contributed by atoms with Gasteiger partial charge in [0, 0.05) is 6.54 Å². The van der Waals surface area contributed by atoms with E-state index in [2.05, 4.69) is 10.2 Å². The molecule has 0 radical (unpaired) electrons. The van der Waals surface area contributed by atoms with Crippen LogP contribution >= 0.6 is 0 Å². The lowest BCUT2D eigenvalue weighted by atomic mass is 10.1. The molecule has 1 aliphatic heterocycles. The number of amides is 1. The van der Waals surface area contributed by atoms with Crippen molar-refractivity contribution in [3.8, 4) is 5.75 Å². The van der Waals surface area contributed by atoms with Crippen molar-refractivity contribution < 1.29 is 14.3 Å². The summed E-state index contributed by atoms with van der Waals surface area (Å²) in [5, 5.41) is 2.76. The summed E-state index contributed by atoms with van der Waals surface area (Å²) in [6, 6.07) is 7.37. The van der Waals surface area contributed by atoms with Crippen molar-refractivity contribution in [1.29, 1.82) is 0 Å². The molecule has 1 N–H and O–H groups in total. The van der Waals surface area contributed by atoms with Gasteiger partial charge in [0.2, 0.25) is 0 Å². The number of para-hydroxylation sites is 2. The highest BCUT2D eigenvalue weighted by Crippen LogP contribution is 2.23. The number of carbonyl (C=O) groups is 1. The number of likely N-dealkylation sites (tertiary alicyclic amines) is 1. The Balaban J connectivity index is 1.81. The molecule has 0 bridgehead atoms. The highest BCUT2D eigenvalue weighted by atomic mass is 16.6. The Morgan fingerprint density at radius 3 is 2.73 bits per heavy atom. The van der Waals surface area contributed by atoms with E-state index in [0.29, 0.717) is 18.0 Å². The van der Waals surface area contributed by atoms with Gasteiger partial charge < -0.3 is 9.47 Å². The topological polar surface area (TPSA) is 50.8 Å². The molecule has 122 valence electrons. The maximum atomic E-state index is 12.0. The normalized spacial score (nSPS) is 16.8. The van der Waals surface area contributed by atoms with Gasteiger partial charge >= 0.3 is 6.09 Å². The Labute approximate surface area is 132 Å². The van der Waals surface area contributed by atoms with Crippen molar-refractivity contribution in [2.45, 2.75) is 39.2 Å². The van der Waals surface area contributed by atoms with Crippen LogP contribution in [0.25, 0.3) is 0 Å². The van der Waals surface area contributed by atoms with Gasteiger partial charge in [0.05, 0.1) is 12.3 Å². The minimum Gasteiger partial charge on any atom is -0.492 e. The fourth-order valence-corrected chi connectivity index (χ4v) is 2.72. The van der Waals surface area contributed by atoms with Crippen LogP contribution in [0.1, 0.15) is 33.1 Å². The summed E-state index contributed by atoms with van der Waals surface area (Å²) in [5.74, 6) is 0.658. The molecule has 2 rings (SSSR count). The van der Waals surface area contributed by atoms with Crippen molar-refractivity contribution in [2.75, 3.05) is 31.6 Å². The molecule has 22 heavy (non-hydrogen) atoms. The van der Waals surface area contributed by atoms with Crippen molar-refractivity contribution in [3.05, 3.63) is 24.3 Å². The van der Waals surface area contributed by atoms with Gasteiger partial charge in [-0.25, -0.2) is 4.79 Å². The Morgan fingerprint density at radius 1 is 1.27 bits per heavy atom. The zero-order chi connectivity index (χ0) is 15.8. The third-order valence-corrected chi connectivity index (χ3v) is 3.70. The second kappa shape index (κ2) is 8.63. The maximum Gasteiger partial charge on any atom is 0.412 e. The van der Waals surface area contributed by atoms with Gasteiger partial charge in [-0.05, 0) is 51.9 Å². The molecule has 1 amide bonds. The third kappa shape index (κ3) is 5.22. The number of piperidine rings is 1. The number of rotatable bonds is 6. The van der Waals surface area contributed by atoms with Crippen molar-refractivity contribution in [3.63, 3.8) is 0 Å². The number of ether oxygens (including phenoxy) is 2. The first-order chi connectivity index (χ1) is 10.7. The molecule has 1 atom stereocenters. The maximum absolute atomic E-state index is 12.0. The van der Waals surface area contributed by atoms with Crippen LogP contribution in [0.3, 0.4) is 0 Å². The Kier molecular flexibility index (Phi) is 6.52. The van der Waals surface area contributed by atoms with Gasteiger partial charge in [0.25, 0.3) is 0 Å². The number of nitrogens with zero attached hydrogens (tertiary/aromatic N) is 1. The van der Waals surface area contributed by atoms with Crippen LogP contribution in [0.4, 0.5) is 10.5 Å². The van der Waals surface area contributed by atoms with Crippen LogP contribution in [0, 0.1) is 0 Å². The van der Waals surface area contributed by atoms with Gasteiger partial charge in [-0.2, -0.15) is 0 Å². The summed E-state index contributed by atoms with van der Waals surface area (Å²) in [7, 11) is 0. The van der Waals surface area contributed by atoms with E-state index < -0.39 is 6.09 Å². The molecule has 0 unspecified atom stereocenters. The van der Waals surface area contributed by atoms with Crippen LogP contribution in [-0.2, 0) is 4.74 Å². The highest BCUT2D eigenvalue weighted by Gasteiger charge is 2.17. The number of benzene rings is 1. The van der Waals surface area contributed by atoms with Crippen molar-refractivity contribution >= 4 is 11.8 Å². The first kappa shape index (κ1) is 16.6. The molecule has 1 aromatic carbocycles. The lowest BCUT2D eigenvalue weighted by Gasteiger charge is -2.28. The van der Waals surface area contributed by atoms with Gasteiger partial charge in [-0.1, -0.05) is 18.6 Å². The van der Waals surface area contributed by atoms with E-state index in [0.717, 1.165) is 19.6 Å². The lowest BCUT2D eigenvalue weighted by Crippen LogP contribution is -2.37. The fraction of sp³-hybridized carbons (Fsp3) is 0.588. The number of nitrogens with one attached hydrogen (secondary N) is 1. The van der Waals surface area contributed by atoms with E-state index in [1.54, 1.807) is 0 Å². The highest BCUT2D eigenvalue weighted by molar-refractivity contribution is 5.86. The van der Waals surface area contributed by atoms with E-state index in [4.69, 9.17) is 9.47 Å². The quantitative estimate of drug-likeness (QED) is 0.874. The van der Waals surface area contributed by atoms with Gasteiger partial charge in [-0.15, -0.1) is 0 Å². The number of hydrogen-bond acceptors (Lipinski definition) is 4. The summed E-state index contributed by atoms with van der Waals surface area (Å²) >= 11 is 0. The molecule has 1 heterocycles. The van der Waals surface area contributed by atoms with E-state index in [1.807, 2.05) is 38.1 Å². The van der Waals surface area contributed by atoms with E-state index in [-0.39, 0.29) is 6.10 Å². The van der Waals surface area contributed by atoms with Crippen LogP contribution in [0.5, 0.6) is 5.75 Å². The largest absolute Gasteiger partial charge is 0.492 e. The Hall–Kier alpha value is -1.75. The van der Waals surface area contributed by atoms with E-state index >= 15 is 0 Å². The molecule has 1 fully saturated rings. The van der Waals surface area contributed by atoms with Crippen LogP contribution in [0.2, 0.25) is 0 Å². The van der Waals surface area contributed by atoms with Gasteiger partial charge in [0.15, 0.2) is 0 Å². The zero-order valence-electron chi connectivity index (χ0n) is 13.5. The smallest absolute Gasteiger partial charge is 0.412 e. The summed E-state index contributed by atoms with van der Waals surface area (Å²) < 4.78 is 10.9. The second-order valence-corrected chi connectivity index (χ2v) is 5.63. The minimum atomic E-state index is -0.434. The lowest BCUT2D eigenvalue weighted by molar-refractivity contribution is 0.0832. The standard InChI is InChI=1S/C17H26N2O3/c1-3-21-16-10-6-5-9-15(16)18-17(20)22-14(2)13-19-11-7-4-8-12-19/h5-6,9-10,14H,3-4,7-8,11-13H2,1-2H3,(H,18,20)/t14-/m1/s1. The Morgan fingerprint density at radius 2 is 2.00 bits per heavy atom. The fourth-order valence-electron chi connectivity index (χ4n) is 2.72. The van der Waals surface area contributed by atoms with E-state index in [9.17, 15) is 4.79 Å². The molecular formula is C17H26N2O3. The van der Waals surface area contributed by atoms with Crippen LogP contribution < -0.4 is 10.1 Å². The summed E-state index contributed by atoms with van der Waals surface area (Å²) in [4.78, 5) is 14.4. The molecule has 0 saturated carbocycles. The molecule has 1 aliphatic rings. The molecule has 5 heteroatoms. The molecular weight excluding hydrogens is 280 g/mol. The molecule has 1 aromatic rings. The van der Waals surface area contributed by atoms with E-state index in [1.165, 1.54) is 19.3 Å². The van der Waals surface area contributed by atoms with Gasteiger partial charge in [-0.3, -0.25) is 10.2 Å². The molecule has 0 aliphatic carbocycles. The second-order valence-electron chi connectivity index (χ2n) is 5.63. The zero-order valence-corrected chi connectivity index (χ0v) is 13.5. The van der Waals surface area contributed by atoms with Gasteiger partial charge in [0.1, 0.15) is 11.9 Å². The predicted octanol–water partition coefficient (Wildman–Crippen LogP) is 3.51. The number of anilines is 1. The molecule has 1 saturated heterocycles. The number of carbonyl (C=O) groups excluding carboxylic acids is 1. The average molecular weight is 306 g/mol. The molecule has 5 nitrogen and oxygen atoms in total. The average Bonchev–Trinajstić information content (AvgIpc) is 2.50. The third-order valence-electron chi connectivity index (χ3n) is 3.70. The number of hydrogen-bond donors (Lipinski definition) is 1. The van der Waals surface area contributed by atoms with Crippen molar-refractivity contribution in [1.82, 2.24) is 4.90 Å². The predicted molar refractivity (Wildman–Crippen MR) is 87.5 cm³/mol. The van der Waals surface area contributed by atoms with Crippen molar-refractivity contribution in [2.24, 2.45) is 0 Å². The Bertz CT molecular complexity index is 473. The monoisotopic (exact) mass is 306 g/mol. The molecule has 0 spiro atoms. The summed E-state index contributed by atoms with van der Waals surface area (Å²) in [6.45, 7) is 7.39. The summed E-state index contributed by atoms with van der Waals surface area (Å²) in [6.07, 6.45) is 3.22. The first-order valence-corrected chi connectivity index (χ1v) is 8.11.